The van der Waals surface area contributed by atoms with Gasteiger partial charge in [-0.15, -0.1) is 11.3 Å². The van der Waals surface area contributed by atoms with Crippen LogP contribution in [0.1, 0.15) is 16.0 Å². The molecule has 27 heavy (non-hydrogen) atoms. The number of hydrogen-bond acceptors (Lipinski definition) is 6. The van der Waals surface area contributed by atoms with E-state index in [1.807, 2.05) is 32.9 Å². The number of carbonyl (C=O) groups is 2. The van der Waals surface area contributed by atoms with Gasteiger partial charge in [0.15, 0.2) is 6.61 Å². The molecule has 1 amide bonds. The van der Waals surface area contributed by atoms with Gasteiger partial charge < -0.3 is 10.1 Å². The molecule has 0 aliphatic carbocycles. The van der Waals surface area contributed by atoms with Crippen molar-refractivity contribution in [2.24, 2.45) is 0 Å². The first-order chi connectivity index (χ1) is 12.9. The molecule has 140 valence electrons. The first kappa shape index (κ1) is 18.8. The summed E-state index contributed by atoms with van der Waals surface area (Å²) < 4.78 is 6.18. The molecule has 0 unspecified atom stereocenters. The molecule has 0 fully saturated rings. The van der Waals surface area contributed by atoms with E-state index in [4.69, 9.17) is 4.74 Å². The average molecular weight is 385 g/mol. The fourth-order valence-corrected chi connectivity index (χ4v) is 3.60. The van der Waals surface area contributed by atoms with Gasteiger partial charge >= 0.3 is 5.97 Å². The number of rotatable bonds is 5. The molecule has 3 aromatic rings. The molecule has 7 nitrogen and oxygen atoms in total. The molecule has 3 rings (SSSR count). The van der Waals surface area contributed by atoms with E-state index in [9.17, 15) is 14.4 Å². The van der Waals surface area contributed by atoms with Gasteiger partial charge in [0.2, 0.25) is 0 Å². The standard InChI is InChI=1S/C19H19N3O4S/c1-11-6-4-5-7-14(11)21-15(23)9-26-16(24)8-22-10-20-18-17(19(22)25)12(2)13(3)27-18/h4-7,10H,8-9H2,1-3H3,(H,21,23). The van der Waals surface area contributed by atoms with Gasteiger partial charge in [-0.05, 0) is 38.0 Å². The van der Waals surface area contributed by atoms with Crippen molar-refractivity contribution >= 4 is 39.1 Å². The first-order valence-corrected chi connectivity index (χ1v) is 9.14. The third-order valence-corrected chi connectivity index (χ3v) is 5.35. The van der Waals surface area contributed by atoms with Crippen molar-refractivity contribution in [1.82, 2.24) is 9.55 Å². The predicted octanol–water partition coefficient (Wildman–Crippen LogP) is 2.57. The molecule has 0 saturated heterocycles. The van der Waals surface area contributed by atoms with Gasteiger partial charge in [-0.1, -0.05) is 18.2 Å². The van der Waals surface area contributed by atoms with E-state index in [0.29, 0.717) is 15.9 Å². The van der Waals surface area contributed by atoms with Crippen LogP contribution in [0, 0.1) is 20.8 Å². The Morgan fingerprint density at radius 2 is 1.96 bits per heavy atom. The number of hydrogen-bond donors (Lipinski definition) is 1. The first-order valence-electron chi connectivity index (χ1n) is 8.33. The van der Waals surface area contributed by atoms with Crippen LogP contribution in [0.25, 0.3) is 10.2 Å². The summed E-state index contributed by atoms with van der Waals surface area (Å²) in [6.07, 6.45) is 1.33. The van der Waals surface area contributed by atoms with Crippen LogP contribution in [0.3, 0.4) is 0 Å². The van der Waals surface area contributed by atoms with Crippen molar-refractivity contribution in [3.8, 4) is 0 Å². The van der Waals surface area contributed by atoms with E-state index in [2.05, 4.69) is 10.3 Å². The summed E-state index contributed by atoms with van der Waals surface area (Å²) in [5.74, 6) is -1.12. The number of fused-ring (bicyclic) bond motifs is 1. The molecule has 0 aliphatic heterocycles. The van der Waals surface area contributed by atoms with Crippen molar-refractivity contribution in [1.29, 1.82) is 0 Å². The highest BCUT2D eigenvalue weighted by Crippen LogP contribution is 2.25. The van der Waals surface area contributed by atoms with Crippen molar-refractivity contribution < 1.29 is 14.3 Å². The summed E-state index contributed by atoms with van der Waals surface area (Å²) in [5.41, 5.74) is 2.15. The van der Waals surface area contributed by atoms with Crippen LogP contribution < -0.4 is 10.9 Å². The van der Waals surface area contributed by atoms with Gasteiger partial charge in [0.05, 0.1) is 11.7 Å². The van der Waals surface area contributed by atoms with E-state index in [-0.39, 0.29) is 12.1 Å². The Hall–Kier alpha value is -3.00. The zero-order valence-corrected chi connectivity index (χ0v) is 16.1. The van der Waals surface area contributed by atoms with Crippen molar-refractivity contribution in [3.05, 3.63) is 57.0 Å². The van der Waals surface area contributed by atoms with E-state index in [1.165, 1.54) is 22.2 Å². The number of nitrogens with one attached hydrogen (secondary N) is 1. The summed E-state index contributed by atoms with van der Waals surface area (Å²) in [6, 6.07) is 7.30. The number of ether oxygens (including phenoxy) is 1. The number of anilines is 1. The van der Waals surface area contributed by atoms with Crippen LogP contribution in [-0.4, -0.2) is 28.0 Å². The summed E-state index contributed by atoms with van der Waals surface area (Å²) in [6.45, 7) is 4.93. The molecule has 0 radical (unpaired) electrons. The minimum absolute atomic E-state index is 0.289. The predicted molar refractivity (Wildman–Crippen MR) is 104 cm³/mol. The average Bonchev–Trinajstić information content (AvgIpc) is 2.92. The Kier molecular flexibility index (Phi) is 5.36. The smallest absolute Gasteiger partial charge is 0.326 e. The van der Waals surface area contributed by atoms with Gasteiger partial charge in [-0.25, -0.2) is 4.98 Å². The van der Waals surface area contributed by atoms with Gasteiger partial charge in [-0.2, -0.15) is 0 Å². The van der Waals surface area contributed by atoms with Crippen molar-refractivity contribution in [3.63, 3.8) is 0 Å². The summed E-state index contributed by atoms with van der Waals surface area (Å²) in [5, 5.41) is 3.20. The molecule has 8 heteroatoms. The molecule has 0 bridgehead atoms. The molecule has 0 atom stereocenters. The highest BCUT2D eigenvalue weighted by Gasteiger charge is 2.15. The minimum atomic E-state index is -0.678. The number of aryl methyl sites for hydroxylation is 3. The van der Waals surface area contributed by atoms with Crippen molar-refractivity contribution in [2.45, 2.75) is 27.3 Å². The van der Waals surface area contributed by atoms with Crippen molar-refractivity contribution in [2.75, 3.05) is 11.9 Å². The number of amides is 1. The quantitative estimate of drug-likeness (QED) is 0.682. The molecular formula is C19H19N3O4S. The minimum Gasteiger partial charge on any atom is -0.454 e. The lowest BCUT2D eigenvalue weighted by Crippen LogP contribution is -2.28. The maximum atomic E-state index is 12.6. The molecule has 0 spiro atoms. The second-order valence-electron chi connectivity index (χ2n) is 6.16. The summed E-state index contributed by atoms with van der Waals surface area (Å²) in [7, 11) is 0. The summed E-state index contributed by atoms with van der Waals surface area (Å²) >= 11 is 1.44. The van der Waals surface area contributed by atoms with Gasteiger partial charge in [0, 0.05) is 10.6 Å². The zero-order chi connectivity index (χ0) is 19.6. The highest BCUT2D eigenvalue weighted by atomic mass is 32.1. The van der Waals surface area contributed by atoms with E-state index in [1.54, 1.807) is 12.1 Å². The molecule has 1 N–H and O–H groups in total. The Morgan fingerprint density at radius 3 is 2.70 bits per heavy atom. The van der Waals surface area contributed by atoms with E-state index < -0.39 is 18.5 Å². The molecule has 1 aromatic carbocycles. The van der Waals surface area contributed by atoms with Gasteiger partial charge in [0.1, 0.15) is 11.4 Å². The number of carbonyl (C=O) groups excluding carboxylic acids is 2. The monoisotopic (exact) mass is 385 g/mol. The number of thiophene rings is 1. The van der Waals surface area contributed by atoms with Crippen LogP contribution in [-0.2, 0) is 20.9 Å². The Bertz CT molecular complexity index is 1080. The Labute approximate surface area is 159 Å². The number of nitrogens with zero attached hydrogens (tertiary/aromatic N) is 2. The van der Waals surface area contributed by atoms with Crippen LogP contribution in [0.2, 0.25) is 0 Å². The van der Waals surface area contributed by atoms with Gasteiger partial charge in [-0.3, -0.25) is 19.0 Å². The fraction of sp³-hybridized carbons (Fsp3) is 0.263. The number of benzene rings is 1. The topological polar surface area (TPSA) is 90.3 Å². The largest absolute Gasteiger partial charge is 0.454 e. The zero-order valence-electron chi connectivity index (χ0n) is 15.2. The Morgan fingerprint density at radius 1 is 1.22 bits per heavy atom. The van der Waals surface area contributed by atoms with E-state index >= 15 is 0 Å². The lowest BCUT2D eigenvalue weighted by molar-refractivity contribution is -0.147. The molecular weight excluding hydrogens is 366 g/mol. The third kappa shape index (κ3) is 4.06. The number of para-hydroxylation sites is 1. The second kappa shape index (κ2) is 7.71. The maximum Gasteiger partial charge on any atom is 0.326 e. The molecule has 2 heterocycles. The fourth-order valence-electron chi connectivity index (χ4n) is 2.61. The number of aromatic nitrogens is 2. The Balaban J connectivity index is 1.63. The molecule has 2 aromatic heterocycles. The van der Waals surface area contributed by atoms with Crippen LogP contribution in [0.4, 0.5) is 5.69 Å². The maximum absolute atomic E-state index is 12.6. The second-order valence-corrected chi connectivity index (χ2v) is 7.37. The van der Waals surface area contributed by atoms with Crippen LogP contribution in [0.5, 0.6) is 0 Å². The molecule has 0 aliphatic rings. The lowest BCUT2D eigenvalue weighted by atomic mass is 10.2. The highest BCUT2D eigenvalue weighted by molar-refractivity contribution is 7.18. The lowest BCUT2D eigenvalue weighted by Gasteiger charge is -2.09. The van der Waals surface area contributed by atoms with Crippen LogP contribution >= 0.6 is 11.3 Å². The molecule has 0 saturated carbocycles. The summed E-state index contributed by atoms with van der Waals surface area (Å²) in [4.78, 5) is 42.4. The third-order valence-electron chi connectivity index (χ3n) is 4.24. The SMILES string of the molecule is Cc1ccccc1NC(=O)COC(=O)Cn1cnc2sc(C)c(C)c2c1=O. The number of esters is 1. The van der Waals surface area contributed by atoms with E-state index in [0.717, 1.165) is 16.0 Å². The van der Waals surface area contributed by atoms with Gasteiger partial charge in [0.25, 0.3) is 11.5 Å². The normalized spacial score (nSPS) is 10.8. The van der Waals surface area contributed by atoms with Crippen LogP contribution in [0.15, 0.2) is 35.4 Å².